The summed E-state index contributed by atoms with van der Waals surface area (Å²) in [6, 6.07) is 12.4. The summed E-state index contributed by atoms with van der Waals surface area (Å²) < 4.78 is 1.06. The number of halogens is 1. The van der Waals surface area contributed by atoms with Crippen molar-refractivity contribution in [2.75, 3.05) is 17.6 Å². The predicted octanol–water partition coefficient (Wildman–Crippen LogP) is 4.36. The minimum Gasteiger partial charge on any atom is -0.384 e. The lowest BCUT2D eigenvalue weighted by Gasteiger charge is -2.07. The highest BCUT2D eigenvalue weighted by Gasteiger charge is 2.00. The molecule has 0 saturated carbocycles. The molecule has 0 atom stereocenters. The fourth-order valence-electron chi connectivity index (χ4n) is 1.58. The number of hydrogen-bond acceptors (Lipinski definition) is 3. The number of aryl methyl sites for hydroxylation is 1. The molecule has 2 rings (SSSR count). The Hall–Kier alpha value is -1.00. The molecule has 2 nitrogen and oxygen atoms in total. The van der Waals surface area contributed by atoms with Crippen LogP contribution in [0.5, 0.6) is 0 Å². The molecule has 2 aromatic rings. The second-order valence-electron chi connectivity index (χ2n) is 3.94. The number of thioether (sulfide) groups is 1. The Balaban J connectivity index is 1.78. The van der Waals surface area contributed by atoms with E-state index in [0.29, 0.717) is 0 Å². The Labute approximate surface area is 120 Å². The van der Waals surface area contributed by atoms with E-state index in [4.69, 9.17) is 0 Å². The van der Waals surface area contributed by atoms with Crippen molar-refractivity contribution in [3.8, 4) is 0 Å². The average molecular weight is 323 g/mol. The fourth-order valence-corrected chi connectivity index (χ4v) is 2.91. The van der Waals surface area contributed by atoms with Crippen molar-refractivity contribution in [1.29, 1.82) is 0 Å². The molecule has 0 radical (unpaired) electrons. The van der Waals surface area contributed by atoms with Crippen LogP contribution in [-0.4, -0.2) is 17.3 Å². The van der Waals surface area contributed by atoms with Gasteiger partial charge in [-0.3, -0.25) is 0 Å². The van der Waals surface area contributed by atoms with Gasteiger partial charge in [0.05, 0.1) is 0 Å². The van der Waals surface area contributed by atoms with Crippen LogP contribution in [0.15, 0.2) is 52.1 Å². The van der Waals surface area contributed by atoms with E-state index in [1.165, 1.54) is 11.3 Å². The van der Waals surface area contributed by atoms with E-state index in [9.17, 15) is 0 Å². The fraction of sp³-hybridized carbons (Fsp3) is 0.214. The zero-order valence-corrected chi connectivity index (χ0v) is 12.6. The maximum absolute atomic E-state index is 4.33. The van der Waals surface area contributed by atoms with Gasteiger partial charge in [-0.1, -0.05) is 12.1 Å². The molecule has 0 aliphatic carbocycles. The molecule has 18 heavy (non-hydrogen) atoms. The molecule has 94 valence electrons. The normalized spacial score (nSPS) is 10.3. The van der Waals surface area contributed by atoms with Gasteiger partial charge in [-0.05, 0) is 52.7 Å². The van der Waals surface area contributed by atoms with E-state index in [-0.39, 0.29) is 0 Å². The van der Waals surface area contributed by atoms with E-state index >= 15 is 0 Å². The number of anilines is 1. The van der Waals surface area contributed by atoms with E-state index < -0.39 is 0 Å². The maximum Gasteiger partial charge on any atom is 0.110 e. The summed E-state index contributed by atoms with van der Waals surface area (Å²) in [5, 5.41) is 4.46. The first-order chi connectivity index (χ1) is 8.75. The molecule has 1 aromatic heterocycles. The molecule has 0 bridgehead atoms. The first-order valence-corrected chi connectivity index (χ1v) is 7.57. The zero-order chi connectivity index (χ0) is 12.8. The number of pyridine rings is 1. The second-order valence-corrected chi connectivity index (χ2v) is 5.87. The van der Waals surface area contributed by atoms with Crippen LogP contribution in [0.25, 0.3) is 0 Å². The zero-order valence-electron chi connectivity index (χ0n) is 10.2. The number of nitrogens with zero attached hydrogens (tertiary/aromatic N) is 1. The van der Waals surface area contributed by atoms with Gasteiger partial charge >= 0.3 is 0 Å². The topological polar surface area (TPSA) is 24.9 Å². The summed E-state index contributed by atoms with van der Waals surface area (Å²) in [6.07, 6.45) is 1.82. The van der Waals surface area contributed by atoms with Crippen LogP contribution >= 0.6 is 27.7 Å². The molecule has 0 aliphatic heterocycles. The lowest BCUT2D eigenvalue weighted by Crippen LogP contribution is -2.04. The first-order valence-electron chi connectivity index (χ1n) is 5.79. The van der Waals surface area contributed by atoms with Crippen LogP contribution in [0.1, 0.15) is 5.56 Å². The van der Waals surface area contributed by atoms with E-state index in [0.717, 1.165) is 21.8 Å². The third kappa shape index (κ3) is 4.03. The second kappa shape index (κ2) is 6.81. The third-order valence-corrected chi connectivity index (χ3v) is 4.32. The van der Waals surface area contributed by atoms with Crippen molar-refractivity contribution in [2.45, 2.75) is 11.9 Å². The molecular formula is C14H15BrN2S. The van der Waals surface area contributed by atoms with Gasteiger partial charge in [0, 0.05) is 28.7 Å². The molecule has 0 amide bonds. The van der Waals surface area contributed by atoms with E-state index in [1.807, 2.05) is 18.3 Å². The molecule has 0 unspecified atom stereocenters. The van der Waals surface area contributed by atoms with Crippen LogP contribution in [0.3, 0.4) is 0 Å². The number of aromatic nitrogens is 1. The highest BCUT2D eigenvalue weighted by Crippen LogP contribution is 2.24. The first kappa shape index (κ1) is 13.4. The molecule has 0 saturated heterocycles. The van der Waals surface area contributed by atoms with Crippen molar-refractivity contribution in [1.82, 2.24) is 4.98 Å². The molecule has 0 spiro atoms. The van der Waals surface area contributed by atoms with Crippen molar-refractivity contribution in [3.63, 3.8) is 0 Å². The molecule has 0 fully saturated rings. The number of rotatable bonds is 5. The predicted molar refractivity (Wildman–Crippen MR) is 82.3 cm³/mol. The van der Waals surface area contributed by atoms with Crippen LogP contribution in [0.4, 0.5) is 5.69 Å². The average Bonchev–Trinajstić information content (AvgIpc) is 2.37. The summed E-state index contributed by atoms with van der Waals surface area (Å²) >= 11 is 5.25. The molecule has 1 aromatic carbocycles. The van der Waals surface area contributed by atoms with Gasteiger partial charge in [0.2, 0.25) is 0 Å². The van der Waals surface area contributed by atoms with Crippen LogP contribution < -0.4 is 5.32 Å². The van der Waals surface area contributed by atoms with Crippen LogP contribution in [-0.2, 0) is 0 Å². The molecule has 1 N–H and O–H groups in total. The summed E-state index contributed by atoms with van der Waals surface area (Å²) in [7, 11) is 0. The van der Waals surface area contributed by atoms with Gasteiger partial charge in [0.1, 0.15) is 5.03 Å². The largest absolute Gasteiger partial charge is 0.384 e. The Bertz CT molecular complexity index is 517. The third-order valence-electron chi connectivity index (χ3n) is 2.41. The van der Waals surface area contributed by atoms with Gasteiger partial charge in [-0.2, -0.15) is 0 Å². The van der Waals surface area contributed by atoms with Crippen molar-refractivity contribution < 1.29 is 0 Å². The molecule has 1 heterocycles. The van der Waals surface area contributed by atoms with Gasteiger partial charge in [0.15, 0.2) is 0 Å². The molecule has 4 heteroatoms. The Kier molecular flexibility index (Phi) is 5.08. The monoisotopic (exact) mass is 322 g/mol. The lowest BCUT2D eigenvalue weighted by molar-refractivity contribution is 1.10. The van der Waals surface area contributed by atoms with Crippen LogP contribution in [0, 0.1) is 6.92 Å². The van der Waals surface area contributed by atoms with Crippen LogP contribution in [0.2, 0.25) is 0 Å². The van der Waals surface area contributed by atoms with Crippen molar-refractivity contribution >= 4 is 33.4 Å². The Morgan fingerprint density at radius 1 is 1.28 bits per heavy atom. The SMILES string of the molecule is Cc1cccc(NCCSc2ncccc2Br)c1. The van der Waals surface area contributed by atoms with Crippen molar-refractivity contribution in [2.24, 2.45) is 0 Å². The van der Waals surface area contributed by atoms with Crippen molar-refractivity contribution in [3.05, 3.63) is 52.6 Å². The minimum atomic E-state index is 0.928. The standard InChI is InChI=1S/C14H15BrN2S/c1-11-4-2-5-12(10-11)16-8-9-18-14-13(15)6-3-7-17-14/h2-7,10,16H,8-9H2,1H3. The molecular weight excluding hydrogens is 308 g/mol. The number of benzene rings is 1. The summed E-state index contributed by atoms with van der Waals surface area (Å²) in [5.74, 6) is 0.990. The number of hydrogen-bond donors (Lipinski definition) is 1. The summed E-state index contributed by atoms with van der Waals surface area (Å²) in [4.78, 5) is 4.33. The lowest BCUT2D eigenvalue weighted by atomic mass is 10.2. The Morgan fingerprint density at radius 3 is 2.94 bits per heavy atom. The summed E-state index contributed by atoms with van der Waals surface area (Å²) in [5.41, 5.74) is 2.45. The molecule has 0 aliphatic rings. The Morgan fingerprint density at radius 2 is 2.17 bits per heavy atom. The van der Waals surface area contributed by atoms with Gasteiger partial charge in [-0.25, -0.2) is 4.98 Å². The smallest absolute Gasteiger partial charge is 0.110 e. The van der Waals surface area contributed by atoms with E-state index in [1.54, 1.807) is 11.8 Å². The van der Waals surface area contributed by atoms with Gasteiger partial charge in [0.25, 0.3) is 0 Å². The highest BCUT2D eigenvalue weighted by atomic mass is 79.9. The minimum absolute atomic E-state index is 0.928. The van der Waals surface area contributed by atoms with E-state index in [2.05, 4.69) is 57.4 Å². The van der Waals surface area contributed by atoms with Gasteiger partial charge < -0.3 is 5.32 Å². The maximum atomic E-state index is 4.33. The van der Waals surface area contributed by atoms with Gasteiger partial charge in [-0.15, -0.1) is 11.8 Å². The quantitative estimate of drug-likeness (QED) is 0.654. The number of nitrogens with one attached hydrogen (secondary N) is 1. The summed E-state index contributed by atoms with van der Waals surface area (Å²) in [6.45, 7) is 3.03. The highest BCUT2D eigenvalue weighted by molar-refractivity contribution is 9.10.